The number of nitrogens with zero attached hydrogens (tertiary/aromatic N) is 5. The molecule has 2 aromatic rings. The van der Waals surface area contributed by atoms with Crippen LogP contribution >= 0.6 is 35.6 Å². The van der Waals surface area contributed by atoms with Crippen LogP contribution in [0.5, 0.6) is 0 Å². The smallest absolute Gasteiger partial charge is 0.191 e. The van der Waals surface area contributed by atoms with E-state index in [-0.39, 0.29) is 24.0 Å². The summed E-state index contributed by atoms with van der Waals surface area (Å²) in [6, 6.07) is 6.00. The molecule has 1 fully saturated rings. The SMILES string of the molecule is CN=C(NCC(C)Cn1cccn1)NC1CCN(c2ncccc2Cl)C1.I. The number of guanidine groups is 1. The monoisotopic (exact) mass is 503 g/mol. The summed E-state index contributed by atoms with van der Waals surface area (Å²) in [6.45, 7) is 5.71. The lowest BCUT2D eigenvalue weighted by Crippen LogP contribution is -2.46. The van der Waals surface area contributed by atoms with Crippen molar-refractivity contribution in [3.63, 3.8) is 0 Å². The lowest BCUT2D eigenvalue weighted by molar-refractivity contribution is 0.442. The van der Waals surface area contributed by atoms with Crippen LogP contribution in [-0.2, 0) is 6.54 Å². The molecule has 0 radical (unpaired) electrons. The fraction of sp³-hybridized carbons (Fsp3) is 0.500. The van der Waals surface area contributed by atoms with Crippen LogP contribution in [0, 0.1) is 5.92 Å². The van der Waals surface area contributed by atoms with Crippen molar-refractivity contribution in [2.24, 2.45) is 10.9 Å². The largest absolute Gasteiger partial charge is 0.356 e. The van der Waals surface area contributed by atoms with E-state index in [0.29, 0.717) is 17.0 Å². The molecular formula is C18H27ClIN7. The Balaban J connectivity index is 0.00000261. The molecule has 7 nitrogen and oxygen atoms in total. The van der Waals surface area contributed by atoms with Crippen LogP contribution in [0.4, 0.5) is 5.82 Å². The fourth-order valence-electron chi connectivity index (χ4n) is 3.13. The van der Waals surface area contributed by atoms with Crippen LogP contribution in [-0.4, -0.2) is 53.4 Å². The molecule has 9 heteroatoms. The molecule has 1 aliphatic rings. The average Bonchev–Trinajstić information content (AvgIpc) is 3.31. The topological polar surface area (TPSA) is 70.4 Å². The van der Waals surface area contributed by atoms with E-state index >= 15 is 0 Å². The highest BCUT2D eigenvalue weighted by Crippen LogP contribution is 2.25. The van der Waals surface area contributed by atoms with Crippen LogP contribution < -0.4 is 15.5 Å². The zero-order valence-corrected chi connectivity index (χ0v) is 18.8. The van der Waals surface area contributed by atoms with Gasteiger partial charge in [-0.15, -0.1) is 24.0 Å². The van der Waals surface area contributed by atoms with Crippen molar-refractivity contribution >= 4 is 47.4 Å². The van der Waals surface area contributed by atoms with Crippen molar-refractivity contribution in [1.29, 1.82) is 0 Å². The van der Waals surface area contributed by atoms with Crippen LogP contribution in [0.25, 0.3) is 0 Å². The van der Waals surface area contributed by atoms with Crippen LogP contribution in [0.3, 0.4) is 0 Å². The van der Waals surface area contributed by atoms with Gasteiger partial charge in [-0.1, -0.05) is 18.5 Å². The van der Waals surface area contributed by atoms with Gasteiger partial charge in [0.2, 0.25) is 0 Å². The molecule has 1 aliphatic heterocycles. The first-order valence-electron chi connectivity index (χ1n) is 8.95. The molecular weight excluding hydrogens is 477 g/mol. The minimum atomic E-state index is 0. The molecule has 0 aliphatic carbocycles. The van der Waals surface area contributed by atoms with Gasteiger partial charge in [0.1, 0.15) is 5.82 Å². The number of halogens is 2. The molecule has 0 saturated carbocycles. The Morgan fingerprint density at radius 3 is 2.96 bits per heavy atom. The Hall–Kier alpha value is -1.55. The summed E-state index contributed by atoms with van der Waals surface area (Å²) in [5.41, 5.74) is 0. The van der Waals surface area contributed by atoms with Crippen LogP contribution in [0.1, 0.15) is 13.3 Å². The van der Waals surface area contributed by atoms with Gasteiger partial charge in [-0.25, -0.2) is 4.98 Å². The van der Waals surface area contributed by atoms with Gasteiger partial charge < -0.3 is 15.5 Å². The zero-order chi connectivity index (χ0) is 18.4. The van der Waals surface area contributed by atoms with E-state index in [0.717, 1.165) is 44.4 Å². The molecule has 148 valence electrons. The van der Waals surface area contributed by atoms with E-state index < -0.39 is 0 Å². The number of pyridine rings is 1. The maximum atomic E-state index is 6.26. The van der Waals surface area contributed by atoms with Crippen molar-refractivity contribution in [2.75, 3.05) is 31.6 Å². The quantitative estimate of drug-likeness (QED) is 0.360. The molecule has 0 aromatic carbocycles. The third-order valence-electron chi connectivity index (χ3n) is 4.47. The first kappa shape index (κ1) is 21.7. The highest BCUT2D eigenvalue weighted by atomic mass is 127. The molecule has 0 bridgehead atoms. The normalized spacial score (nSPS) is 18.1. The first-order chi connectivity index (χ1) is 12.7. The molecule has 2 N–H and O–H groups in total. The van der Waals surface area contributed by atoms with Gasteiger partial charge in [0.15, 0.2) is 5.96 Å². The number of hydrogen-bond donors (Lipinski definition) is 2. The van der Waals surface area contributed by atoms with Gasteiger partial charge in [0.05, 0.1) is 5.02 Å². The first-order valence-corrected chi connectivity index (χ1v) is 9.33. The lowest BCUT2D eigenvalue weighted by Gasteiger charge is -2.21. The maximum Gasteiger partial charge on any atom is 0.191 e. The molecule has 3 rings (SSSR count). The molecule has 0 amide bonds. The van der Waals surface area contributed by atoms with Gasteiger partial charge in [0.25, 0.3) is 0 Å². The standard InChI is InChI=1S/C18H26ClN7.HI/c1-14(12-26-9-4-8-23-26)11-22-18(20-2)24-15-6-10-25(13-15)17-16(19)5-3-7-21-17;/h3-5,7-9,14-15H,6,10-13H2,1-2H3,(H2,20,22,24);1H. The Morgan fingerprint density at radius 1 is 1.41 bits per heavy atom. The van der Waals surface area contributed by atoms with Crippen molar-refractivity contribution in [3.05, 3.63) is 41.8 Å². The number of anilines is 1. The number of aromatic nitrogens is 3. The third-order valence-corrected chi connectivity index (χ3v) is 4.76. The lowest BCUT2D eigenvalue weighted by atomic mass is 10.2. The van der Waals surface area contributed by atoms with Gasteiger partial charge >= 0.3 is 0 Å². The van der Waals surface area contributed by atoms with Crippen molar-refractivity contribution in [3.8, 4) is 0 Å². The number of nitrogens with one attached hydrogen (secondary N) is 2. The highest BCUT2D eigenvalue weighted by molar-refractivity contribution is 14.0. The second-order valence-electron chi connectivity index (χ2n) is 6.67. The van der Waals surface area contributed by atoms with Crippen LogP contribution in [0.15, 0.2) is 41.8 Å². The van der Waals surface area contributed by atoms with Gasteiger partial charge in [-0.3, -0.25) is 9.67 Å². The molecule has 2 atom stereocenters. The van der Waals surface area contributed by atoms with Gasteiger partial charge in [-0.05, 0) is 30.5 Å². The Labute approximate surface area is 182 Å². The summed E-state index contributed by atoms with van der Waals surface area (Å²) in [6.07, 6.45) is 6.60. The Kier molecular flexibility index (Phi) is 8.62. The minimum Gasteiger partial charge on any atom is -0.356 e. The second kappa shape index (κ2) is 10.7. The number of hydrogen-bond acceptors (Lipinski definition) is 4. The molecule has 0 spiro atoms. The van der Waals surface area contributed by atoms with Crippen molar-refractivity contribution < 1.29 is 0 Å². The van der Waals surface area contributed by atoms with E-state index in [1.165, 1.54) is 0 Å². The summed E-state index contributed by atoms with van der Waals surface area (Å²) < 4.78 is 1.95. The predicted octanol–water partition coefficient (Wildman–Crippen LogP) is 2.63. The van der Waals surface area contributed by atoms with E-state index in [9.17, 15) is 0 Å². The molecule has 3 heterocycles. The Morgan fingerprint density at radius 2 is 2.26 bits per heavy atom. The minimum absolute atomic E-state index is 0. The van der Waals surface area contributed by atoms with E-state index in [4.69, 9.17) is 11.6 Å². The van der Waals surface area contributed by atoms with Gasteiger partial charge in [0, 0.05) is 57.9 Å². The van der Waals surface area contributed by atoms with Crippen molar-refractivity contribution in [2.45, 2.75) is 25.9 Å². The summed E-state index contributed by atoms with van der Waals surface area (Å²) in [7, 11) is 1.80. The third kappa shape index (κ3) is 6.24. The summed E-state index contributed by atoms with van der Waals surface area (Å²) >= 11 is 6.26. The Bertz CT molecular complexity index is 722. The summed E-state index contributed by atoms with van der Waals surface area (Å²) in [5, 5.41) is 11.9. The molecule has 27 heavy (non-hydrogen) atoms. The molecule has 2 aromatic heterocycles. The van der Waals surface area contributed by atoms with E-state index in [2.05, 4.69) is 37.5 Å². The number of rotatable bonds is 6. The molecule has 2 unspecified atom stereocenters. The fourth-order valence-corrected chi connectivity index (χ4v) is 3.37. The summed E-state index contributed by atoms with van der Waals surface area (Å²) in [5.74, 6) is 2.13. The molecule has 1 saturated heterocycles. The maximum absolute atomic E-state index is 6.26. The highest BCUT2D eigenvalue weighted by Gasteiger charge is 2.25. The average molecular weight is 504 g/mol. The van der Waals surface area contributed by atoms with E-state index in [1.807, 2.05) is 29.1 Å². The van der Waals surface area contributed by atoms with Crippen LogP contribution in [0.2, 0.25) is 5.02 Å². The van der Waals surface area contributed by atoms with Crippen molar-refractivity contribution in [1.82, 2.24) is 25.4 Å². The second-order valence-corrected chi connectivity index (χ2v) is 7.08. The van der Waals surface area contributed by atoms with E-state index in [1.54, 1.807) is 19.4 Å². The predicted molar refractivity (Wildman–Crippen MR) is 121 cm³/mol. The summed E-state index contributed by atoms with van der Waals surface area (Å²) in [4.78, 5) is 11.0. The zero-order valence-electron chi connectivity index (χ0n) is 15.7. The number of aliphatic imine (C=N–C) groups is 1. The van der Waals surface area contributed by atoms with Gasteiger partial charge in [-0.2, -0.15) is 5.10 Å².